The summed E-state index contributed by atoms with van der Waals surface area (Å²) in [6.07, 6.45) is -0.821. The van der Waals surface area contributed by atoms with E-state index in [0.29, 0.717) is 22.9 Å². The molecule has 1 unspecified atom stereocenters. The minimum absolute atomic E-state index is 0.0399. The SMILES string of the molecule is CCN(CC(O)c1cccc(O)c1)C(=S)Nc1ccc(Cl)c(F)c1. The molecule has 3 N–H and O–H groups in total. The van der Waals surface area contributed by atoms with Crippen LogP contribution in [0.1, 0.15) is 18.6 Å². The fraction of sp³-hybridized carbons (Fsp3) is 0.235. The molecule has 0 bridgehead atoms. The predicted molar refractivity (Wildman–Crippen MR) is 97.9 cm³/mol. The highest BCUT2D eigenvalue weighted by atomic mass is 35.5. The van der Waals surface area contributed by atoms with Crippen LogP contribution in [0.5, 0.6) is 5.75 Å². The molecule has 4 nitrogen and oxygen atoms in total. The lowest BCUT2D eigenvalue weighted by molar-refractivity contribution is 0.146. The molecule has 0 aromatic heterocycles. The van der Waals surface area contributed by atoms with E-state index in [2.05, 4.69) is 5.32 Å². The minimum atomic E-state index is -0.821. The van der Waals surface area contributed by atoms with Crippen molar-refractivity contribution in [1.82, 2.24) is 4.90 Å². The van der Waals surface area contributed by atoms with Gasteiger partial charge in [0, 0.05) is 12.2 Å². The average Bonchev–Trinajstić information content (AvgIpc) is 2.55. The van der Waals surface area contributed by atoms with Gasteiger partial charge in [0.25, 0.3) is 0 Å². The zero-order valence-electron chi connectivity index (χ0n) is 13.0. The molecular weight excluding hydrogens is 351 g/mol. The van der Waals surface area contributed by atoms with E-state index >= 15 is 0 Å². The van der Waals surface area contributed by atoms with Gasteiger partial charge in [-0.25, -0.2) is 4.39 Å². The molecule has 24 heavy (non-hydrogen) atoms. The van der Waals surface area contributed by atoms with Gasteiger partial charge in [0.05, 0.1) is 17.7 Å². The number of hydrogen-bond acceptors (Lipinski definition) is 3. The second-order valence-electron chi connectivity index (χ2n) is 5.21. The maximum atomic E-state index is 13.5. The first-order valence-electron chi connectivity index (χ1n) is 7.38. The lowest BCUT2D eigenvalue weighted by Crippen LogP contribution is -2.37. The van der Waals surface area contributed by atoms with Gasteiger partial charge in [-0.3, -0.25) is 0 Å². The molecule has 0 heterocycles. The Bertz CT molecular complexity index is 729. The number of nitrogens with zero attached hydrogens (tertiary/aromatic N) is 1. The number of rotatable bonds is 5. The molecule has 0 radical (unpaired) electrons. The first-order valence-corrected chi connectivity index (χ1v) is 8.17. The van der Waals surface area contributed by atoms with E-state index in [0.717, 1.165) is 0 Å². The van der Waals surface area contributed by atoms with Crippen LogP contribution in [0, 0.1) is 5.82 Å². The third-order valence-electron chi connectivity index (χ3n) is 3.49. The number of nitrogens with one attached hydrogen (secondary N) is 1. The van der Waals surface area contributed by atoms with Crippen LogP contribution >= 0.6 is 23.8 Å². The number of phenolic OH excluding ortho intramolecular Hbond substituents is 1. The van der Waals surface area contributed by atoms with Crippen LogP contribution in [0.25, 0.3) is 0 Å². The number of phenols is 1. The lowest BCUT2D eigenvalue weighted by atomic mass is 10.1. The maximum absolute atomic E-state index is 13.5. The predicted octanol–water partition coefficient (Wildman–Crippen LogP) is 3.94. The third kappa shape index (κ3) is 4.80. The Hall–Kier alpha value is -1.89. The van der Waals surface area contributed by atoms with Crippen LogP contribution in [0.3, 0.4) is 0 Å². The molecule has 0 fully saturated rings. The second kappa shape index (κ2) is 8.28. The standard InChI is InChI=1S/C17H18ClFN2O2S/c1-2-21(10-16(23)11-4-3-5-13(22)8-11)17(24)20-12-6-7-14(18)15(19)9-12/h3-9,16,22-23H,2,10H2,1H3,(H,20,24). The fourth-order valence-electron chi connectivity index (χ4n) is 2.18. The van der Waals surface area contributed by atoms with E-state index in [9.17, 15) is 14.6 Å². The lowest BCUT2D eigenvalue weighted by Gasteiger charge is -2.27. The number of aliphatic hydroxyl groups is 1. The van der Waals surface area contributed by atoms with Crippen LogP contribution in [-0.2, 0) is 0 Å². The van der Waals surface area contributed by atoms with Gasteiger partial charge in [0.2, 0.25) is 0 Å². The average molecular weight is 369 g/mol. The Morgan fingerprint density at radius 3 is 2.71 bits per heavy atom. The molecule has 0 amide bonds. The van der Waals surface area contributed by atoms with Crippen molar-refractivity contribution >= 4 is 34.6 Å². The van der Waals surface area contributed by atoms with E-state index in [-0.39, 0.29) is 17.3 Å². The van der Waals surface area contributed by atoms with E-state index in [4.69, 9.17) is 23.8 Å². The summed E-state index contributed by atoms with van der Waals surface area (Å²) in [6.45, 7) is 2.69. The molecular formula is C17H18ClFN2O2S. The van der Waals surface area contributed by atoms with Crippen molar-refractivity contribution in [3.63, 3.8) is 0 Å². The Morgan fingerprint density at radius 1 is 1.33 bits per heavy atom. The van der Waals surface area contributed by atoms with E-state index in [1.807, 2.05) is 6.92 Å². The number of anilines is 1. The number of hydrogen-bond donors (Lipinski definition) is 3. The van der Waals surface area contributed by atoms with E-state index in [1.165, 1.54) is 24.3 Å². The van der Waals surface area contributed by atoms with Crippen molar-refractivity contribution in [2.75, 3.05) is 18.4 Å². The summed E-state index contributed by atoms with van der Waals surface area (Å²) in [4.78, 5) is 1.75. The molecule has 2 aromatic carbocycles. The molecule has 0 aliphatic carbocycles. The van der Waals surface area contributed by atoms with Crippen molar-refractivity contribution in [3.05, 3.63) is 58.9 Å². The normalized spacial score (nSPS) is 11.8. The Balaban J connectivity index is 2.04. The van der Waals surface area contributed by atoms with Gasteiger partial charge in [-0.2, -0.15) is 0 Å². The van der Waals surface area contributed by atoms with Gasteiger partial charge in [-0.1, -0.05) is 23.7 Å². The molecule has 2 aromatic rings. The van der Waals surface area contributed by atoms with Crippen molar-refractivity contribution in [3.8, 4) is 5.75 Å². The molecule has 0 saturated heterocycles. The van der Waals surface area contributed by atoms with Crippen LogP contribution in [0.2, 0.25) is 5.02 Å². The zero-order chi connectivity index (χ0) is 17.7. The topological polar surface area (TPSA) is 55.7 Å². The first kappa shape index (κ1) is 18.4. The third-order valence-corrected chi connectivity index (χ3v) is 4.15. The highest BCUT2D eigenvalue weighted by molar-refractivity contribution is 7.80. The van der Waals surface area contributed by atoms with E-state index < -0.39 is 11.9 Å². The summed E-state index contributed by atoms with van der Waals surface area (Å²) in [7, 11) is 0. The maximum Gasteiger partial charge on any atom is 0.173 e. The number of thiocarbonyl (C=S) groups is 1. The molecule has 0 aliphatic heterocycles. The summed E-state index contributed by atoms with van der Waals surface area (Å²) < 4.78 is 13.5. The highest BCUT2D eigenvalue weighted by Crippen LogP contribution is 2.21. The summed E-state index contributed by atoms with van der Waals surface area (Å²) in [6, 6.07) is 10.8. The number of benzene rings is 2. The Labute approximate surface area is 150 Å². The monoisotopic (exact) mass is 368 g/mol. The van der Waals surface area contributed by atoms with Crippen molar-refractivity contribution < 1.29 is 14.6 Å². The number of likely N-dealkylation sites (N-methyl/N-ethyl adjacent to an activating group) is 1. The summed E-state index contributed by atoms with van der Waals surface area (Å²) >= 11 is 11.0. The van der Waals surface area contributed by atoms with Crippen LogP contribution in [0.15, 0.2) is 42.5 Å². The molecule has 2 rings (SSSR count). The molecule has 7 heteroatoms. The summed E-state index contributed by atoms with van der Waals surface area (Å²) in [5, 5.41) is 23.1. The van der Waals surface area contributed by atoms with Crippen LogP contribution < -0.4 is 5.32 Å². The van der Waals surface area contributed by atoms with E-state index in [1.54, 1.807) is 23.1 Å². The van der Waals surface area contributed by atoms with Crippen LogP contribution in [0.4, 0.5) is 10.1 Å². The van der Waals surface area contributed by atoms with Gasteiger partial charge in [-0.15, -0.1) is 0 Å². The number of aromatic hydroxyl groups is 1. The summed E-state index contributed by atoms with van der Waals surface area (Å²) in [5.41, 5.74) is 1.07. The number of aliphatic hydroxyl groups excluding tert-OH is 1. The first-order chi connectivity index (χ1) is 11.4. The largest absolute Gasteiger partial charge is 0.508 e. The Morgan fingerprint density at radius 2 is 2.08 bits per heavy atom. The summed E-state index contributed by atoms with van der Waals surface area (Å²) in [5.74, 6) is -0.445. The molecule has 1 atom stereocenters. The Kier molecular flexibility index (Phi) is 6.36. The van der Waals surface area contributed by atoms with Crippen LogP contribution in [-0.4, -0.2) is 33.3 Å². The smallest absolute Gasteiger partial charge is 0.173 e. The number of halogens is 2. The zero-order valence-corrected chi connectivity index (χ0v) is 14.6. The fourth-order valence-corrected chi connectivity index (χ4v) is 2.62. The highest BCUT2D eigenvalue weighted by Gasteiger charge is 2.16. The van der Waals surface area contributed by atoms with Gasteiger partial charge >= 0.3 is 0 Å². The van der Waals surface area contributed by atoms with Gasteiger partial charge in [-0.05, 0) is 55.0 Å². The second-order valence-corrected chi connectivity index (χ2v) is 6.00. The van der Waals surface area contributed by atoms with Gasteiger partial charge < -0.3 is 20.4 Å². The molecule has 0 spiro atoms. The van der Waals surface area contributed by atoms with Crippen molar-refractivity contribution in [2.45, 2.75) is 13.0 Å². The molecule has 0 saturated carbocycles. The molecule has 128 valence electrons. The van der Waals surface area contributed by atoms with Gasteiger partial charge in [0.15, 0.2) is 5.11 Å². The molecule has 0 aliphatic rings. The van der Waals surface area contributed by atoms with Gasteiger partial charge in [0.1, 0.15) is 11.6 Å². The minimum Gasteiger partial charge on any atom is -0.508 e. The van der Waals surface area contributed by atoms with Crippen molar-refractivity contribution in [1.29, 1.82) is 0 Å². The van der Waals surface area contributed by atoms with Crippen molar-refractivity contribution in [2.24, 2.45) is 0 Å². The quantitative estimate of drug-likeness (QED) is 0.698.